The molecule has 2 rings (SSSR count). The van der Waals surface area contributed by atoms with E-state index in [2.05, 4.69) is 5.32 Å². The van der Waals surface area contributed by atoms with Crippen LogP contribution in [0.5, 0.6) is 0 Å². The number of carbonyl (C=O) groups is 2. The van der Waals surface area contributed by atoms with E-state index in [-0.39, 0.29) is 24.1 Å². The molecular weight excluding hydrogens is 410 g/mol. The topological polar surface area (TPSA) is 87.7 Å². The fourth-order valence-electron chi connectivity index (χ4n) is 2.41. The summed E-state index contributed by atoms with van der Waals surface area (Å²) in [6.45, 7) is 1.97. The van der Waals surface area contributed by atoms with Gasteiger partial charge >= 0.3 is 18.3 Å². The molecule has 0 aromatic heterocycles. The molecule has 0 spiro atoms. The molecule has 1 unspecified atom stereocenters. The Kier molecular flexibility index (Phi) is 6.16. The van der Waals surface area contributed by atoms with Crippen molar-refractivity contribution in [2.75, 3.05) is 17.2 Å². The number of Topliss-reactive ketones (excluding diaryl/α,β-unsaturated/α-hetero) is 1. The Morgan fingerprint density at radius 3 is 2.34 bits per heavy atom. The van der Waals surface area contributed by atoms with Crippen molar-refractivity contribution in [2.24, 2.45) is 0 Å². The van der Waals surface area contributed by atoms with E-state index in [1.807, 2.05) is 6.92 Å². The van der Waals surface area contributed by atoms with Crippen molar-refractivity contribution in [3.05, 3.63) is 35.5 Å². The van der Waals surface area contributed by atoms with Crippen molar-refractivity contribution in [3.8, 4) is 0 Å². The van der Waals surface area contributed by atoms with Crippen LogP contribution in [0, 0.1) is 0 Å². The van der Waals surface area contributed by atoms with Gasteiger partial charge in [0.15, 0.2) is 0 Å². The molecule has 160 valence electrons. The van der Waals surface area contributed by atoms with E-state index >= 15 is 0 Å². The number of unbranched alkanes of at least 4 members (excludes halogenated alkanes) is 1. The minimum Gasteiger partial charge on any atom is -0.462 e. The van der Waals surface area contributed by atoms with Crippen LogP contribution in [0.25, 0.3) is 0 Å². The number of esters is 1. The van der Waals surface area contributed by atoms with Gasteiger partial charge in [-0.1, -0.05) is 13.3 Å². The van der Waals surface area contributed by atoms with E-state index in [0.29, 0.717) is 6.42 Å². The summed E-state index contributed by atoms with van der Waals surface area (Å²) in [5.74, 6) is -3.68. The highest BCUT2D eigenvalue weighted by molar-refractivity contribution is 6.03. The van der Waals surface area contributed by atoms with Crippen molar-refractivity contribution in [2.45, 2.75) is 37.8 Å². The van der Waals surface area contributed by atoms with Crippen LogP contribution in [-0.4, -0.2) is 41.5 Å². The van der Waals surface area contributed by atoms with Crippen LogP contribution < -0.4 is 10.6 Å². The van der Waals surface area contributed by atoms with Gasteiger partial charge in [-0.2, -0.15) is 26.3 Å². The smallest absolute Gasteiger partial charge is 0.454 e. The Bertz CT molecular complexity index is 834. The maximum Gasteiger partial charge on any atom is 0.454 e. The highest BCUT2D eigenvalue weighted by Crippen LogP contribution is 2.43. The normalized spacial score (nSPS) is 19.2. The Balaban J connectivity index is 2.46. The average molecular weight is 426 g/mol. The van der Waals surface area contributed by atoms with Crippen LogP contribution in [0.1, 0.15) is 30.1 Å². The number of rotatable bonds is 5. The summed E-state index contributed by atoms with van der Waals surface area (Å²) in [5, 5.41) is 13.6. The predicted molar refractivity (Wildman–Crippen MR) is 89.0 cm³/mol. The second-order valence-corrected chi connectivity index (χ2v) is 6.11. The lowest BCUT2D eigenvalue weighted by molar-refractivity contribution is -0.235. The molecule has 1 aromatic carbocycles. The molecular formula is C17H16F6N2O4. The molecule has 29 heavy (non-hydrogen) atoms. The van der Waals surface area contributed by atoms with Gasteiger partial charge in [-0.05, 0) is 24.6 Å². The molecule has 1 heterocycles. The average Bonchev–Trinajstić information content (AvgIpc) is 2.76. The van der Waals surface area contributed by atoms with Crippen LogP contribution in [-0.2, 0) is 9.53 Å². The maximum absolute atomic E-state index is 13.4. The lowest BCUT2D eigenvalue weighted by Gasteiger charge is -2.32. The SMILES string of the molecule is CCCCOC(=O)c1ccc2c(c1)NC=C(C(=O)C(F)(F)F)C(O)(C(F)(F)F)N2. The molecule has 0 aliphatic carbocycles. The fourth-order valence-corrected chi connectivity index (χ4v) is 2.41. The molecule has 1 aliphatic rings. The van der Waals surface area contributed by atoms with Crippen LogP contribution in [0.2, 0.25) is 0 Å². The number of nitrogens with one attached hydrogen (secondary N) is 2. The zero-order valence-electron chi connectivity index (χ0n) is 14.9. The quantitative estimate of drug-likeness (QED) is 0.378. The van der Waals surface area contributed by atoms with Crippen molar-refractivity contribution >= 4 is 23.1 Å². The molecule has 0 bridgehead atoms. The van der Waals surface area contributed by atoms with Gasteiger partial charge in [0.2, 0.25) is 0 Å². The molecule has 1 atom stereocenters. The Morgan fingerprint density at radius 2 is 1.79 bits per heavy atom. The molecule has 1 aliphatic heterocycles. The largest absolute Gasteiger partial charge is 0.462 e. The van der Waals surface area contributed by atoms with Crippen molar-refractivity contribution in [3.63, 3.8) is 0 Å². The van der Waals surface area contributed by atoms with E-state index in [1.165, 1.54) is 5.32 Å². The molecule has 12 heteroatoms. The molecule has 3 N–H and O–H groups in total. The number of aliphatic hydroxyl groups is 1. The number of ether oxygens (including phenoxy) is 1. The van der Waals surface area contributed by atoms with Gasteiger partial charge in [0.25, 0.3) is 11.5 Å². The number of hydrogen-bond acceptors (Lipinski definition) is 6. The highest BCUT2D eigenvalue weighted by Gasteiger charge is 2.62. The number of benzene rings is 1. The molecule has 0 fully saturated rings. The summed E-state index contributed by atoms with van der Waals surface area (Å²) >= 11 is 0. The number of alkyl halides is 6. The first kappa shape index (κ1) is 22.5. The number of ketones is 1. The molecule has 0 amide bonds. The number of halogens is 6. The van der Waals surface area contributed by atoms with E-state index in [1.54, 1.807) is 0 Å². The molecule has 1 aromatic rings. The Hall–Kier alpha value is -2.76. The predicted octanol–water partition coefficient (Wildman–Crippen LogP) is 3.75. The van der Waals surface area contributed by atoms with Gasteiger partial charge < -0.3 is 20.5 Å². The van der Waals surface area contributed by atoms with Crippen molar-refractivity contribution in [1.82, 2.24) is 0 Å². The van der Waals surface area contributed by atoms with Crippen molar-refractivity contribution < 1.29 is 45.8 Å². The standard InChI is InChI=1S/C17H16F6N2O4/c1-2-3-6-29-14(27)9-4-5-11-12(7-9)24-8-10(13(26)16(18,19)20)15(28,25-11)17(21,22)23/h4-5,7-8,24-25,28H,2-3,6H2,1H3. The number of hydrogen-bond donors (Lipinski definition) is 3. The van der Waals surface area contributed by atoms with Gasteiger partial charge in [0.05, 0.1) is 29.1 Å². The van der Waals surface area contributed by atoms with Crippen LogP contribution in [0.15, 0.2) is 30.0 Å². The van der Waals surface area contributed by atoms with Gasteiger partial charge in [-0.15, -0.1) is 0 Å². The fraction of sp³-hybridized carbons (Fsp3) is 0.412. The minimum atomic E-state index is -5.68. The highest BCUT2D eigenvalue weighted by atomic mass is 19.4. The Morgan fingerprint density at radius 1 is 1.14 bits per heavy atom. The molecule has 0 radical (unpaired) electrons. The van der Waals surface area contributed by atoms with Gasteiger partial charge in [-0.25, -0.2) is 4.79 Å². The van der Waals surface area contributed by atoms with Gasteiger partial charge in [-0.3, -0.25) is 4.79 Å². The van der Waals surface area contributed by atoms with E-state index in [0.717, 1.165) is 24.6 Å². The van der Waals surface area contributed by atoms with E-state index in [9.17, 15) is 41.0 Å². The molecule has 6 nitrogen and oxygen atoms in total. The Labute approximate surface area is 160 Å². The maximum atomic E-state index is 13.4. The zero-order valence-corrected chi connectivity index (χ0v) is 14.9. The number of carbonyl (C=O) groups excluding carboxylic acids is 2. The summed E-state index contributed by atoms with van der Waals surface area (Å²) in [7, 11) is 0. The third-order valence-corrected chi connectivity index (χ3v) is 3.98. The van der Waals surface area contributed by atoms with E-state index in [4.69, 9.17) is 4.74 Å². The molecule has 0 saturated carbocycles. The first-order chi connectivity index (χ1) is 13.3. The van der Waals surface area contributed by atoms with Gasteiger partial charge in [0.1, 0.15) is 0 Å². The first-order valence-corrected chi connectivity index (χ1v) is 8.28. The summed E-state index contributed by atoms with van der Waals surface area (Å²) in [6.07, 6.45) is -9.91. The minimum absolute atomic E-state index is 0.0938. The summed E-state index contributed by atoms with van der Waals surface area (Å²) < 4.78 is 83.4. The number of fused-ring (bicyclic) bond motifs is 1. The lowest BCUT2D eigenvalue weighted by Crippen LogP contribution is -2.56. The van der Waals surface area contributed by atoms with Crippen LogP contribution in [0.4, 0.5) is 37.7 Å². The molecule has 0 saturated heterocycles. The van der Waals surface area contributed by atoms with Crippen LogP contribution in [0.3, 0.4) is 0 Å². The number of anilines is 2. The zero-order chi connectivity index (χ0) is 22.0. The summed E-state index contributed by atoms with van der Waals surface area (Å²) in [5.41, 5.74) is -7.18. The summed E-state index contributed by atoms with van der Waals surface area (Å²) in [6, 6.07) is 3.02. The summed E-state index contributed by atoms with van der Waals surface area (Å²) in [4.78, 5) is 23.5. The van der Waals surface area contributed by atoms with E-state index < -0.39 is 41.1 Å². The van der Waals surface area contributed by atoms with Crippen molar-refractivity contribution in [1.29, 1.82) is 0 Å². The lowest BCUT2D eigenvalue weighted by atomic mass is 9.98. The third-order valence-electron chi connectivity index (χ3n) is 3.98. The second kappa shape index (κ2) is 7.93. The first-order valence-electron chi connectivity index (χ1n) is 8.28. The van der Waals surface area contributed by atoms with Gasteiger partial charge in [0, 0.05) is 6.20 Å². The van der Waals surface area contributed by atoms with Crippen LogP contribution >= 0.6 is 0 Å². The second-order valence-electron chi connectivity index (χ2n) is 6.11. The third kappa shape index (κ3) is 4.63. The monoisotopic (exact) mass is 426 g/mol.